The molecule has 37 heavy (non-hydrogen) atoms. The van der Waals surface area contributed by atoms with Crippen molar-refractivity contribution >= 4 is 10.8 Å². The van der Waals surface area contributed by atoms with Crippen molar-refractivity contribution in [3.8, 4) is 44.6 Å². The summed E-state index contributed by atoms with van der Waals surface area (Å²) in [4.78, 5) is 9.31. The van der Waals surface area contributed by atoms with Gasteiger partial charge >= 0.3 is 0 Å². The minimum atomic E-state index is -0.225. The van der Waals surface area contributed by atoms with Crippen LogP contribution in [0.4, 0.5) is 4.39 Å². The number of hydrogen-bond donors (Lipinski definition) is 0. The van der Waals surface area contributed by atoms with E-state index in [0.29, 0.717) is 0 Å². The molecule has 6 aromatic rings. The SMILES string of the molecule is Cc1ncccc1-c1cccc(-c2ccc(-c3ccc4ccc(-c5ccc(F)cc5)cc4c3)cn2)c1C. The molecular weight excluding hydrogens is 455 g/mol. The first-order valence-corrected chi connectivity index (χ1v) is 12.3. The molecule has 2 heterocycles. The van der Waals surface area contributed by atoms with Crippen LogP contribution in [0, 0.1) is 19.7 Å². The molecule has 3 heteroatoms. The van der Waals surface area contributed by atoms with Crippen LogP contribution in [0.3, 0.4) is 0 Å². The predicted molar refractivity (Wildman–Crippen MR) is 151 cm³/mol. The molecule has 0 aliphatic heterocycles. The highest BCUT2D eigenvalue weighted by atomic mass is 19.1. The Labute approximate surface area is 216 Å². The number of fused-ring (bicyclic) bond motifs is 1. The number of pyridine rings is 2. The Morgan fingerprint density at radius 3 is 1.89 bits per heavy atom. The Hall–Kier alpha value is -4.63. The smallest absolute Gasteiger partial charge is 0.123 e. The molecule has 0 radical (unpaired) electrons. The van der Waals surface area contributed by atoms with Crippen molar-refractivity contribution < 1.29 is 4.39 Å². The molecule has 0 atom stereocenters. The van der Waals surface area contributed by atoms with Crippen molar-refractivity contribution in [1.82, 2.24) is 9.97 Å². The third kappa shape index (κ3) is 4.41. The molecule has 4 aromatic carbocycles. The molecule has 0 spiro atoms. The Kier molecular flexibility index (Phi) is 5.82. The van der Waals surface area contributed by atoms with Gasteiger partial charge in [0, 0.05) is 34.8 Å². The summed E-state index contributed by atoms with van der Waals surface area (Å²) in [6.07, 6.45) is 3.77. The van der Waals surface area contributed by atoms with Gasteiger partial charge in [-0.25, -0.2) is 4.39 Å². The zero-order chi connectivity index (χ0) is 25.4. The van der Waals surface area contributed by atoms with E-state index in [-0.39, 0.29) is 5.82 Å². The van der Waals surface area contributed by atoms with Crippen LogP contribution in [0.25, 0.3) is 55.4 Å². The summed E-state index contributed by atoms with van der Waals surface area (Å²) >= 11 is 0. The molecule has 6 rings (SSSR count). The van der Waals surface area contributed by atoms with Gasteiger partial charge in [-0.05, 0) is 88.8 Å². The third-order valence-electron chi connectivity index (χ3n) is 7.02. The normalized spacial score (nSPS) is 11.1. The first-order valence-electron chi connectivity index (χ1n) is 12.3. The largest absolute Gasteiger partial charge is 0.261 e. The van der Waals surface area contributed by atoms with E-state index in [2.05, 4.69) is 84.7 Å². The van der Waals surface area contributed by atoms with Crippen molar-refractivity contribution in [3.05, 3.63) is 133 Å². The van der Waals surface area contributed by atoms with E-state index in [4.69, 9.17) is 4.98 Å². The van der Waals surface area contributed by atoms with E-state index in [1.165, 1.54) is 23.3 Å². The van der Waals surface area contributed by atoms with Crippen LogP contribution < -0.4 is 0 Å². The standard InChI is InChI=1S/C34H25FN2/c1-22-31(33-7-4-18-36-23(33)2)5-3-6-32(22)34-17-14-28(21-37-34)27-11-9-25-8-10-26(19-29(25)20-27)24-12-15-30(35)16-13-24/h3-21H,1-2H3. The fourth-order valence-corrected chi connectivity index (χ4v) is 4.95. The summed E-state index contributed by atoms with van der Waals surface area (Å²) in [6.45, 7) is 4.19. The van der Waals surface area contributed by atoms with E-state index < -0.39 is 0 Å². The summed E-state index contributed by atoms with van der Waals surface area (Å²) in [5.74, 6) is -0.225. The van der Waals surface area contributed by atoms with Crippen molar-refractivity contribution in [2.24, 2.45) is 0 Å². The van der Waals surface area contributed by atoms with Crippen LogP contribution in [0.1, 0.15) is 11.3 Å². The monoisotopic (exact) mass is 480 g/mol. The molecule has 0 saturated carbocycles. The second-order valence-corrected chi connectivity index (χ2v) is 9.33. The lowest BCUT2D eigenvalue weighted by Crippen LogP contribution is -1.93. The first kappa shape index (κ1) is 22.8. The molecule has 0 saturated heterocycles. The average molecular weight is 481 g/mol. The lowest BCUT2D eigenvalue weighted by Gasteiger charge is -2.13. The predicted octanol–water partition coefficient (Wildman–Crippen LogP) is 9.05. The van der Waals surface area contributed by atoms with Crippen molar-refractivity contribution in [2.75, 3.05) is 0 Å². The highest BCUT2D eigenvalue weighted by Crippen LogP contribution is 2.33. The number of nitrogens with zero attached hydrogens (tertiary/aromatic N) is 2. The van der Waals surface area contributed by atoms with Gasteiger partial charge in [0.1, 0.15) is 5.82 Å². The second-order valence-electron chi connectivity index (χ2n) is 9.33. The number of halogens is 1. The second kappa shape index (κ2) is 9.44. The molecule has 0 aliphatic rings. The van der Waals surface area contributed by atoms with E-state index in [9.17, 15) is 4.39 Å². The Morgan fingerprint density at radius 1 is 0.541 bits per heavy atom. The van der Waals surface area contributed by atoms with Crippen LogP contribution in [-0.4, -0.2) is 9.97 Å². The van der Waals surface area contributed by atoms with E-state index in [0.717, 1.165) is 55.5 Å². The van der Waals surface area contributed by atoms with Gasteiger partial charge < -0.3 is 0 Å². The average Bonchev–Trinajstić information content (AvgIpc) is 2.94. The summed E-state index contributed by atoms with van der Waals surface area (Å²) in [5, 5.41) is 2.30. The van der Waals surface area contributed by atoms with Crippen LogP contribution in [0.2, 0.25) is 0 Å². The summed E-state index contributed by atoms with van der Waals surface area (Å²) in [6, 6.07) is 34.1. The molecular formula is C34H25FN2. The minimum absolute atomic E-state index is 0.225. The summed E-state index contributed by atoms with van der Waals surface area (Å²) in [5.41, 5.74) is 10.8. The van der Waals surface area contributed by atoms with Gasteiger partial charge in [0.05, 0.1) is 5.69 Å². The van der Waals surface area contributed by atoms with E-state index in [1.807, 2.05) is 37.5 Å². The molecule has 178 valence electrons. The Morgan fingerprint density at radius 2 is 1.19 bits per heavy atom. The highest BCUT2D eigenvalue weighted by Gasteiger charge is 2.11. The van der Waals surface area contributed by atoms with E-state index in [1.54, 1.807) is 0 Å². The van der Waals surface area contributed by atoms with Gasteiger partial charge in [-0.3, -0.25) is 9.97 Å². The van der Waals surface area contributed by atoms with Gasteiger partial charge in [-0.2, -0.15) is 0 Å². The van der Waals surface area contributed by atoms with Crippen molar-refractivity contribution in [2.45, 2.75) is 13.8 Å². The molecule has 2 aromatic heterocycles. The fourth-order valence-electron chi connectivity index (χ4n) is 4.95. The number of rotatable bonds is 4. The first-order chi connectivity index (χ1) is 18.1. The maximum atomic E-state index is 13.4. The van der Waals surface area contributed by atoms with Crippen LogP contribution in [-0.2, 0) is 0 Å². The van der Waals surface area contributed by atoms with Gasteiger partial charge in [-0.15, -0.1) is 0 Å². The van der Waals surface area contributed by atoms with Crippen LogP contribution in [0.5, 0.6) is 0 Å². The maximum Gasteiger partial charge on any atom is 0.123 e. The molecule has 0 aliphatic carbocycles. The molecule has 0 N–H and O–H groups in total. The zero-order valence-corrected chi connectivity index (χ0v) is 20.7. The molecule has 0 unspecified atom stereocenters. The highest BCUT2D eigenvalue weighted by molar-refractivity contribution is 5.91. The van der Waals surface area contributed by atoms with E-state index >= 15 is 0 Å². The summed E-state index contributed by atoms with van der Waals surface area (Å²) in [7, 11) is 0. The third-order valence-corrected chi connectivity index (χ3v) is 7.02. The minimum Gasteiger partial charge on any atom is -0.261 e. The van der Waals surface area contributed by atoms with Gasteiger partial charge in [0.2, 0.25) is 0 Å². The summed E-state index contributed by atoms with van der Waals surface area (Å²) < 4.78 is 13.4. The quantitative estimate of drug-likeness (QED) is 0.251. The lowest BCUT2D eigenvalue weighted by atomic mass is 9.93. The van der Waals surface area contributed by atoms with Gasteiger partial charge in [0.15, 0.2) is 0 Å². The topological polar surface area (TPSA) is 25.8 Å². The number of aromatic nitrogens is 2. The number of hydrogen-bond acceptors (Lipinski definition) is 2. The molecule has 0 amide bonds. The molecule has 0 fully saturated rings. The molecule has 0 bridgehead atoms. The van der Waals surface area contributed by atoms with Crippen molar-refractivity contribution in [3.63, 3.8) is 0 Å². The fraction of sp³-hybridized carbons (Fsp3) is 0.0588. The van der Waals surface area contributed by atoms with Gasteiger partial charge in [0.25, 0.3) is 0 Å². The number of aryl methyl sites for hydroxylation is 1. The maximum absolute atomic E-state index is 13.4. The number of benzene rings is 4. The Balaban J connectivity index is 1.34. The Bertz CT molecular complexity index is 1740. The van der Waals surface area contributed by atoms with Crippen LogP contribution >= 0.6 is 0 Å². The van der Waals surface area contributed by atoms with Gasteiger partial charge in [-0.1, -0.05) is 66.7 Å². The van der Waals surface area contributed by atoms with Crippen LogP contribution in [0.15, 0.2) is 116 Å². The lowest BCUT2D eigenvalue weighted by molar-refractivity contribution is 0.628. The zero-order valence-electron chi connectivity index (χ0n) is 20.7. The molecule has 2 nitrogen and oxygen atoms in total. The van der Waals surface area contributed by atoms with Crippen molar-refractivity contribution in [1.29, 1.82) is 0 Å².